The molecule has 1 aliphatic heterocycles. The Morgan fingerprint density at radius 1 is 1.12 bits per heavy atom. The Bertz CT molecular complexity index is 689. The van der Waals surface area contributed by atoms with Gasteiger partial charge in [0, 0.05) is 53.7 Å². The van der Waals surface area contributed by atoms with E-state index in [1.807, 2.05) is 12.1 Å². The number of nitrogens with one attached hydrogen (secondary N) is 1. The van der Waals surface area contributed by atoms with Gasteiger partial charge in [-0.05, 0) is 36.6 Å². The predicted molar refractivity (Wildman–Crippen MR) is 103 cm³/mol. The largest absolute Gasteiger partial charge is 0.381 e. The second kappa shape index (κ2) is 7.95. The first-order valence-corrected chi connectivity index (χ1v) is 10.3. The molecule has 2 aromatic rings. The molecule has 3 nitrogen and oxygen atoms in total. The van der Waals surface area contributed by atoms with Crippen LogP contribution in [0.5, 0.6) is 0 Å². The number of nitrogens with zero attached hydrogens (tertiary/aromatic N) is 1. The van der Waals surface area contributed by atoms with Crippen molar-refractivity contribution in [3.05, 3.63) is 65.7 Å². The van der Waals surface area contributed by atoms with Crippen molar-refractivity contribution in [3.8, 4) is 0 Å². The quantitative estimate of drug-likeness (QED) is 0.870. The third kappa shape index (κ3) is 4.68. The van der Waals surface area contributed by atoms with Gasteiger partial charge in [-0.3, -0.25) is 9.11 Å². The minimum Gasteiger partial charge on any atom is -0.381 e. The molecule has 2 aromatic carbocycles. The van der Waals surface area contributed by atoms with E-state index in [1.54, 1.807) is 6.26 Å². The summed E-state index contributed by atoms with van der Waals surface area (Å²) in [6.07, 6.45) is 2.90. The molecule has 1 heterocycles. The van der Waals surface area contributed by atoms with Crippen LogP contribution in [0, 0.1) is 0 Å². The topological polar surface area (TPSA) is 32.3 Å². The van der Waals surface area contributed by atoms with Crippen molar-refractivity contribution in [2.45, 2.75) is 37.7 Å². The Morgan fingerprint density at radius 2 is 1.88 bits per heavy atom. The number of hydrogen-bond acceptors (Lipinski definition) is 3. The Hall–Kier alpha value is -1.65. The SMILES string of the molecule is C[C@@H]1C[C@@H](Nc2cccc(C[S@@](C)=O)c2)CN1Cc1ccccc1. The lowest BCUT2D eigenvalue weighted by atomic mass is 10.1. The van der Waals surface area contributed by atoms with Gasteiger partial charge in [-0.15, -0.1) is 0 Å². The lowest BCUT2D eigenvalue weighted by molar-refractivity contribution is 0.259. The van der Waals surface area contributed by atoms with Gasteiger partial charge in [-0.25, -0.2) is 0 Å². The van der Waals surface area contributed by atoms with E-state index in [0.717, 1.165) is 30.8 Å². The molecule has 3 atom stereocenters. The molecule has 0 spiro atoms. The summed E-state index contributed by atoms with van der Waals surface area (Å²) in [6.45, 7) is 4.37. The molecule has 3 rings (SSSR count). The lowest BCUT2D eigenvalue weighted by Gasteiger charge is -2.21. The summed E-state index contributed by atoms with van der Waals surface area (Å²) in [6, 6.07) is 20.0. The van der Waals surface area contributed by atoms with Crippen LogP contribution >= 0.6 is 0 Å². The van der Waals surface area contributed by atoms with Crippen LogP contribution in [-0.2, 0) is 23.1 Å². The van der Waals surface area contributed by atoms with Crippen molar-refractivity contribution in [3.63, 3.8) is 0 Å². The lowest BCUT2D eigenvalue weighted by Crippen LogP contribution is -2.28. The highest BCUT2D eigenvalue weighted by Crippen LogP contribution is 2.23. The van der Waals surface area contributed by atoms with Crippen molar-refractivity contribution in [2.75, 3.05) is 18.1 Å². The smallest absolute Gasteiger partial charge is 0.0483 e. The fraction of sp³-hybridized carbons (Fsp3) is 0.400. The maximum atomic E-state index is 11.4. The summed E-state index contributed by atoms with van der Waals surface area (Å²) in [5.41, 5.74) is 3.64. The first kappa shape index (κ1) is 17.2. The molecule has 24 heavy (non-hydrogen) atoms. The van der Waals surface area contributed by atoms with Gasteiger partial charge in [0.05, 0.1) is 0 Å². The van der Waals surface area contributed by atoms with Gasteiger partial charge in [0.2, 0.25) is 0 Å². The fourth-order valence-electron chi connectivity index (χ4n) is 3.46. The molecule has 0 amide bonds. The molecule has 1 aliphatic rings. The Balaban J connectivity index is 1.60. The third-order valence-electron chi connectivity index (χ3n) is 4.60. The van der Waals surface area contributed by atoms with Gasteiger partial charge in [-0.2, -0.15) is 0 Å². The van der Waals surface area contributed by atoms with Crippen LogP contribution in [0.4, 0.5) is 5.69 Å². The summed E-state index contributed by atoms with van der Waals surface area (Å²) in [7, 11) is -0.799. The molecule has 0 unspecified atom stereocenters. The van der Waals surface area contributed by atoms with E-state index in [4.69, 9.17) is 0 Å². The van der Waals surface area contributed by atoms with Crippen LogP contribution < -0.4 is 5.32 Å². The van der Waals surface area contributed by atoms with Gasteiger partial charge in [0.1, 0.15) is 0 Å². The summed E-state index contributed by atoms with van der Waals surface area (Å²) in [5.74, 6) is 0.622. The summed E-state index contributed by atoms with van der Waals surface area (Å²) >= 11 is 0. The number of likely N-dealkylation sites (tertiary alicyclic amines) is 1. The Kier molecular flexibility index (Phi) is 5.69. The molecule has 4 heteroatoms. The van der Waals surface area contributed by atoms with Crippen LogP contribution in [-0.4, -0.2) is 34.0 Å². The average Bonchev–Trinajstić information content (AvgIpc) is 2.87. The molecule has 0 radical (unpaired) electrons. The van der Waals surface area contributed by atoms with Crippen LogP contribution in [0.3, 0.4) is 0 Å². The molecule has 0 aliphatic carbocycles. The zero-order chi connectivity index (χ0) is 16.9. The zero-order valence-electron chi connectivity index (χ0n) is 14.4. The molecule has 0 saturated carbocycles. The monoisotopic (exact) mass is 342 g/mol. The maximum absolute atomic E-state index is 11.4. The Morgan fingerprint density at radius 3 is 2.62 bits per heavy atom. The van der Waals surface area contributed by atoms with E-state index in [0.29, 0.717) is 17.8 Å². The molecular weight excluding hydrogens is 316 g/mol. The van der Waals surface area contributed by atoms with E-state index >= 15 is 0 Å². The minimum atomic E-state index is -0.799. The van der Waals surface area contributed by atoms with Crippen molar-refractivity contribution in [2.24, 2.45) is 0 Å². The predicted octanol–water partition coefficient (Wildman–Crippen LogP) is 3.64. The molecule has 1 saturated heterocycles. The van der Waals surface area contributed by atoms with Crippen LogP contribution in [0.15, 0.2) is 54.6 Å². The molecule has 1 N–H and O–H groups in total. The highest BCUT2D eigenvalue weighted by molar-refractivity contribution is 7.83. The molecule has 1 fully saturated rings. The summed E-state index contributed by atoms with van der Waals surface area (Å²) in [5, 5.41) is 3.66. The minimum absolute atomic E-state index is 0.464. The van der Waals surface area contributed by atoms with Gasteiger partial charge in [0.25, 0.3) is 0 Å². The molecular formula is C20H26N2OS. The van der Waals surface area contributed by atoms with Crippen molar-refractivity contribution in [1.29, 1.82) is 0 Å². The van der Waals surface area contributed by atoms with E-state index in [1.165, 1.54) is 5.56 Å². The average molecular weight is 343 g/mol. The van der Waals surface area contributed by atoms with E-state index in [2.05, 4.69) is 59.6 Å². The van der Waals surface area contributed by atoms with Crippen molar-refractivity contribution < 1.29 is 4.21 Å². The highest BCUT2D eigenvalue weighted by Gasteiger charge is 2.28. The normalized spacial score (nSPS) is 22.4. The van der Waals surface area contributed by atoms with E-state index < -0.39 is 10.8 Å². The number of hydrogen-bond donors (Lipinski definition) is 1. The number of rotatable bonds is 6. The van der Waals surface area contributed by atoms with Crippen LogP contribution in [0.2, 0.25) is 0 Å². The van der Waals surface area contributed by atoms with Crippen molar-refractivity contribution >= 4 is 16.5 Å². The van der Waals surface area contributed by atoms with Gasteiger partial charge >= 0.3 is 0 Å². The maximum Gasteiger partial charge on any atom is 0.0483 e. The second-order valence-electron chi connectivity index (χ2n) is 6.76. The fourth-order valence-corrected chi connectivity index (χ4v) is 4.11. The van der Waals surface area contributed by atoms with Gasteiger partial charge in [-0.1, -0.05) is 42.5 Å². The van der Waals surface area contributed by atoms with E-state index in [-0.39, 0.29) is 0 Å². The Labute approximate surface area is 147 Å². The first-order chi connectivity index (χ1) is 11.6. The first-order valence-electron chi connectivity index (χ1n) is 8.53. The van der Waals surface area contributed by atoms with Crippen LogP contribution in [0.1, 0.15) is 24.5 Å². The molecule has 128 valence electrons. The number of anilines is 1. The van der Waals surface area contributed by atoms with E-state index in [9.17, 15) is 4.21 Å². The highest BCUT2D eigenvalue weighted by atomic mass is 32.2. The van der Waals surface area contributed by atoms with Gasteiger partial charge in [0.15, 0.2) is 0 Å². The molecule has 0 bridgehead atoms. The standard InChI is InChI=1S/C20H26N2OS/c1-16-11-20(14-22(16)13-17-7-4-3-5-8-17)21-19-10-6-9-18(12-19)15-24(2)23/h3-10,12,16,20-21H,11,13-15H2,1-2H3/t16-,20-,24-/m1/s1. The number of benzene rings is 2. The molecule has 0 aromatic heterocycles. The summed E-state index contributed by atoms with van der Waals surface area (Å²) in [4.78, 5) is 2.54. The summed E-state index contributed by atoms with van der Waals surface area (Å²) < 4.78 is 11.4. The van der Waals surface area contributed by atoms with Gasteiger partial charge < -0.3 is 5.32 Å². The van der Waals surface area contributed by atoms with Crippen LogP contribution in [0.25, 0.3) is 0 Å². The second-order valence-corrected chi connectivity index (χ2v) is 8.19. The van der Waals surface area contributed by atoms with Crippen molar-refractivity contribution in [1.82, 2.24) is 4.90 Å². The zero-order valence-corrected chi connectivity index (χ0v) is 15.3. The third-order valence-corrected chi connectivity index (χ3v) is 5.34.